The van der Waals surface area contributed by atoms with Crippen LogP contribution in [0.25, 0.3) is 0 Å². The van der Waals surface area contributed by atoms with Crippen molar-refractivity contribution < 1.29 is 44.0 Å². The molecule has 0 aliphatic carbocycles. The Labute approximate surface area is 250 Å². The van der Waals surface area contributed by atoms with Gasteiger partial charge in [0.2, 0.25) is 5.91 Å². The van der Waals surface area contributed by atoms with Crippen LogP contribution in [0.1, 0.15) is 44.1 Å². The van der Waals surface area contributed by atoms with E-state index in [4.69, 9.17) is 49.7 Å². The maximum atomic E-state index is 11.8. The smallest absolute Gasteiger partial charge is 0.328 e. The lowest BCUT2D eigenvalue weighted by atomic mass is 10.1. The molecule has 0 bridgehead atoms. The summed E-state index contributed by atoms with van der Waals surface area (Å²) in [5, 5.41) is 27.7. The molecule has 0 spiro atoms. The van der Waals surface area contributed by atoms with Crippen molar-refractivity contribution in [3.8, 4) is 0 Å². The number of nitrogens with two attached hydrogens (primary N) is 6. The summed E-state index contributed by atoms with van der Waals surface area (Å²) in [6, 6.07) is 5.39. The Morgan fingerprint density at radius 1 is 0.860 bits per heavy atom. The average molecular weight is 615 g/mol. The number of unbranched alkanes of at least 4 members (excludes halogenated alkanes) is 1. The van der Waals surface area contributed by atoms with E-state index in [-0.39, 0.29) is 12.4 Å². The molecule has 2 unspecified atom stereocenters. The quantitative estimate of drug-likeness (QED) is 0.0380. The Bertz CT molecular complexity index is 1010. The van der Waals surface area contributed by atoms with Gasteiger partial charge in [-0.05, 0) is 37.8 Å². The van der Waals surface area contributed by atoms with Crippen LogP contribution >= 0.6 is 0 Å². The zero-order chi connectivity index (χ0) is 33.4. The number of esters is 1. The molecule has 0 heterocycles. The number of carboxylic acids is 3. The van der Waals surface area contributed by atoms with Gasteiger partial charge in [-0.3, -0.25) is 24.2 Å². The van der Waals surface area contributed by atoms with Crippen LogP contribution in [0, 0.1) is 0 Å². The van der Waals surface area contributed by atoms with Gasteiger partial charge in [-0.2, -0.15) is 0 Å². The number of nitrogens with one attached hydrogen (secondary N) is 1. The van der Waals surface area contributed by atoms with Crippen molar-refractivity contribution >= 4 is 35.7 Å². The van der Waals surface area contributed by atoms with E-state index in [2.05, 4.69) is 15.0 Å². The third kappa shape index (κ3) is 23.0. The van der Waals surface area contributed by atoms with E-state index in [0.717, 1.165) is 18.4 Å². The molecule has 1 amide bonds. The standard InChI is InChI=1S/C14H18N2O5.C6H14N4O2.C6H14N2O2/c1-21-14(20)11(7-9-5-3-2-4-6-9)16-13(19)10(15)8-12(17)18;7-4(5(11)12)2-1-3-10-6(8)9;7-4-2-1-3-5(8)6(9)10/h2-6,10-11H,7-8,15H2,1H3,(H,16,19)(H,17,18);4H,1-3,7H2,(H,11,12)(H4,8,9,10);5H,1-4,7-8H2,(H,9,10)/t;4-;5-/m.00/s1. The summed E-state index contributed by atoms with van der Waals surface area (Å²) in [4.78, 5) is 58.1. The number of benzene rings is 1. The van der Waals surface area contributed by atoms with Crippen LogP contribution in [0.3, 0.4) is 0 Å². The highest BCUT2D eigenvalue weighted by Crippen LogP contribution is 2.05. The van der Waals surface area contributed by atoms with E-state index >= 15 is 0 Å². The van der Waals surface area contributed by atoms with E-state index in [1.54, 1.807) is 12.1 Å². The van der Waals surface area contributed by atoms with Gasteiger partial charge in [0.15, 0.2) is 5.96 Å². The number of carbonyl (C=O) groups excluding carboxylic acids is 2. The summed E-state index contributed by atoms with van der Waals surface area (Å²) in [5.41, 5.74) is 32.0. The molecule has 244 valence electrons. The average Bonchev–Trinajstić information content (AvgIpc) is 2.95. The largest absolute Gasteiger partial charge is 0.481 e. The summed E-state index contributed by atoms with van der Waals surface area (Å²) in [6.45, 7) is 1.02. The summed E-state index contributed by atoms with van der Waals surface area (Å²) in [6.07, 6.45) is 2.85. The van der Waals surface area contributed by atoms with E-state index in [1.165, 1.54) is 7.11 Å². The number of rotatable bonds is 17. The molecule has 0 aliphatic rings. The second-order valence-corrected chi connectivity index (χ2v) is 9.10. The monoisotopic (exact) mass is 614 g/mol. The van der Waals surface area contributed by atoms with Gasteiger partial charge >= 0.3 is 23.9 Å². The number of hydrogen-bond donors (Lipinski definition) is 10. The number of aliphatic carboxylic acids is 3. The Kier molecular flexibility index (Phi) is 23.1. The fourth-order valence-electron chi connectivity index (χ4n) is 3.02. The highest BCUT2D eigenvalue weighted by molar-refractivity contribution is 5.89. The number of hydrogen-bond acceptors (Lipinski definition) is 11. The molecular formula is C26H46N8O9. The molecule has 0 radical (unpaired) electrons. The van der Waals surface area contributed by atoms with Crippen LogP contribution in [-0.4, -0.2) is 95.4 Å². The lowest BCUT2D eigenvalue weighted by molar-refractivity contribution is -0.145. The Balaban J connectivity index is 0. The summed E-state index contributed by atoms with van der Waals surface area (Å²) in [5.74, 6) is -4.43. The van der Waals surface area contributed by atoms with Crippen LogP contribution in [0.15, 0.2) is 35.3 Å². The van der Waals surface area contributed by atoms with Crippen molar-refractivity contribution in [2.45, 2.75) is 69.1 Å². The minimum Gasteiger partial charge on any atom is -0.481 e. The van der Waals surface area contributed by atoms with Gasteiger partial charge in [-0.1, -0.05) is 36.8 Å². The van der Waals surface area contributed by atoms with E-state index in [1.807, 2.05) is 18.2 Å². The zero-order valence-electron chi connectivity index (χ0n) is 24.3. The number of guanidine groups is 1. The predicted octanol–water partition coefficient (Wildman–Crippen LogP) is -2.33. The summed E-state index contributed by atoms with van der Waals surface area (Å²) >= 11 is 0. The van der Waals surface area contributed by atoms with Crippen LogP contribution in [0.4, 0.5) is 0 Å². The van der Waals surface area contributed by atoms with Crippen molar-refractivity contribution in [1.82, 2.24) is 5.32 Å². The van der Waals surface area contributed by atoms with Gasteiger partial charge in [0.1, 0.15) is 18.1 Å². The molecule has 17 heteroatoms. The Morgan fingerprint density at radius 2 is 1.40 bits per heavy atom. The first-order valence-electron chi connectivity index (χ1n) is 13.3. The minimum atomic E-state index is -1.22. The van der Waals surface area contributed by atoms with Crippen molar-refractivity contribution in [1.29, 1.82) is 0 Å². The molecule has 43 heavy (non-hydrogen) atoms. The number of ether oxygens (including phenoxy) is 1. The normalized spacial score (nSPS) is 12.8. The molecule has 4 atom stereocenters. The van der Waals surface area contributed by atoms with Crippen LogP contribution in [-0.2, 0) is 35.1 Å². The Morgan fingerprint density at radius 3 is 1.84 bits per heavy atom. The molecule has 0 aromatic heterocycles. The molecule has 16 N–H and O–H groups in total. The van der Waals surface area contributed by atoms with Gasteiger partial charge < -0.3 is 59.8 Å². The second kappa shape index (κ2) is 24.3. The zero-order valence-corrected chi connectivity index (χ0v) is 24.3. The molecule has 0 saturated carbocycles. The van der Waals surface area contributed by atoms with E-state index in [0.29, 0.717) is 32.4 Å². The van der Waals surface area contributed by atoms with Crippen LogP contribution in [0.5, 0.6) is 0 Å². The lowest BCUT2D eigenvalue weighted by Gasteiger charge is -2.18. The summed E-state index contributed by atoms with van der Waals surface area (Å²) < 4.78 is 4.64. The van der Waals surface area contributed by atoms with Crippen molar-refractivity contribution in [2.75, 3.05) is 20.2 Å². The van der Waals surface area contributed by atoms with Gasteiger partial charge in [0.05, 0.1) is 19.6 Å². The molecule has 17 nitrogen and oxygen atoms in total. The number of nitrogens with zero attached hydrogens (tertiary/aromatic N) is 1. The van der Waals surface area contributed by atoms with Crippen molar-refractivity contribution in [3.63, 3.8) is 0 Å². The first kappa shape index (κ1) is 40.8. The number of aliphatic imine (C=N–C) groups is 1. The fraction of sp³-hybridized carbons (Fsp3) is 0.538. The van der Waals surface area contributed by atoms with Crippen molar-refractivity contribution in [2.24, 2.45) is 39.4 Å². The number of methoxy groups -OCH3 is 1. The van der Waals surface area contributed by atoms with Gasteiger partial charge in [-0.15, -0.1) is 0 Å². The molecule has 0 saturated heterocycles. The van der Waals surface area contributed by atoms with E-state index in [9.17, 15) is 24.0 Å². The number of carboxylic acid groups (broad SMARTS) is 3. The maximum absolute atomic E-state index is 11.8. The highest BCUT2D eigenvalue weighted by Gasteiger charge is 2.25. The molecule has 1 aromatic carbocycles. The molecule has 1 aromatic rings. The molecule has 0 aliphatic heterocycles. The fourth-order valence-corrected chi connectivity index (χ4v) is 3.02. The first-order valence-corrected chi connectivity index (χ1v) is 13.3. The number of carbonyl (C=O) groups is 5. The second-order valence-electron chi connectivity index (χ2n) is 9.10. The molecular weight excluding hydrogens is 568 g/mol. The third-order valence-electron chi connectivity index (χ3n) is 5.39. The molecule has 1 rings (SSSR count). The lowest BCUT2D eigenvalue weighted by Crippen LogP contribution is -2.50. The highest BCUT2D eigenvalue weighted by atomic mass is 16.5. The molecule has 0 fully saturated rings. The Hall–Kier alpha value is -4.32. The van der Waals surface area contributed by atoms with E-state index < -0.39 is 60.4 Å². The third-order valence-corrected chi connectivity index (χ3v) is 5.39. The van der Waals surface area contributed by atoms with Crippen LogP contribution < -0.4 is 39.7 Å². The SMILES string of the molecule is COC(=O)C(Cc1ccccc1)NC(=O)C(N)CC(=O)O.NC(N)=NCCC[C@H](N)C(=O)O.NCCCC[C@H](N)C(=O)O. The predicted molar refractivity (Wildman–Crippen MR) is 158 cm³/mol. The summed E-state index contributed by atoms with van der Waals surface area (Å²) in [7, 11) is 1.21. The number of amides is 1. The topological polar surface area (TPSA) is 336 Å². The van der Waals surface area contributed by atoms with Gasteiger partial charge in [0, 0.05) is 13.0 Å². The van der Waals surface area contributed by atoms with Crippen LogP contribution in [0.2, 0.25) is 0 Å². The maximum Gasteiger partial charge on any atom is 0.328 e. The minimum absolute atomic E-state index is 0.0129. The van der Waals surface area contributed by atoms with Crippen molar-refractivity contribution in [3.05, 3.63) is 35.9 Å². The van der Waals surface area contributed by atoms with Gasteiger partial charge in [-0.25, -0.2) is 4.79 Å². The first-order chi connectivity index (χ1) is 20.2. The van der Waals surface area contributed by atoms with Gasteiger partial charge in [0.25, 0.3) is 0 Å².